The summed E-state index contributed by atoms with van der Waals surface area (Å²) in [5.41, 5.74) is 3.95. The molecule has 2 aliphatic heterocycles. The number of rotatable bonds is 9. The van der Waals surface area contributed by atoms with Crippen LogP contribution in [-0.2, 0) is 13.0 Å². The number of allylic oxidation sites excluding steroid dienone is 1. The molecule has 1 fully saturated rings. The van der Waals surface area contributed by atoms with Gasteiger partial charge in [-0.2, -0.15) is 0 Å². The standard InChI is InChI=1S/C27H34N5/c1-3-7-23-10-12-25(13-11-23)26(29-20-24-8-5-4-6-9-24)22-31-16-18-32(19-17-31)27-21-28-14-15-30(27)2/h3-6,8-14,21,26,29H,1-2,7,15-20,22H2/q+1. The molecule has 5 nitrogen and oxygen atoms in total. The second kappa shape index (κ2) is 11.0. The van der Waals surface area contributed by atoms with E-state index >= 15 is 0 Å². The lowest BCUT2D eigenvalue weighted by atomic mass is 10.0. The zero-order chi connectivity index (χ0) is 22.2. The van der Waals surface area contributed by atoms with Crippen molar-refractivity contribution in [3.63, 3.8) is 0 Å². The molecule has 0 aromatic heterocycles. The van der Waals surface area contributed by atoms with E-state index in [1.807, 2.05) is 23.1 Å². The van der Waals surface area contributed by atoms with Crippen LogP contribution in [0.1, 0.15) is 22.7 Å². The van der Waals surface area contributed by atoms with Crippen molar-refractivity contribution >= 4 is 12.9 Å². The Morgan fingerprint density at radius 1 is 1.00 bits per heavy atom. The van der Waals surface area contributed by atoms with Gasteiger partial charge in [-0.3, -0.25) is 14.8 Å². The van der Waals surface area contributed by atoms with Gasteiger partial charge in [-0.15, -0.1) is 6.58 Å². The molecule has 0 amide bonds. The normalized spacial score (nSPS) is 17.8. The lowest BCUT2D eigenvalue weighted by molar-refractivity contribution is -0.472. The van der Waals surface area contributed by atoms with Crippen molar-refractivity contribution in [2.45, 2.75) is 19.0 Å². The van der Waals surface area contributed by atoms with E-state index in [1.54, 1.807) is 0 Å². The molecular weight excluding hydrogens is 394 g/mol. The molecule has 0 saturated carbocycles. The van der Waals surface area contributed by atoms with Gasteiger partial charge in [0.05, 0.1) is 19.8 Å². The summed E-state index contributed by atoms with van der Waals surface area (Å²) in [6.45, 7) is 14.7. The topological polar surface area (TPSA) is 33.9 Å². The number of piperazine rings is 1. The summed E-state index contributed by atoms with van der Waals surface area (Å²) in [4.78, 5) is 9.29. The minimum atomic E-state index is 0.280. The molecule has 166 valence electrons. The Morgan fingerprint density at radius 3 is 2.44 bits per heavy atom. The van der Waals surface area contributed by atoms with Gasteiger partial charge in [0, 0.05) is 38.4 Å². The van der Waals surface area contributed by atoms with E-state index in [1.165, 1.54) is 16.7 Å². The number of nitrogens with zero attached hydrogens (tertiary/aromatic N) is 4. The fraction of sp³-hybridized carbons (Fsp3) is 0.333. The number of aliphatic imine (C=N–C) groups is 1. The van der Waals surface area contributed by atoms with Crippen LogP contribution < -0.4 is 5.32 Å². The lowest BCUT2D eigenvalue weighted by Gasteiger charge is -2.35. The van der Waals surface area contributed by atoms with Crippen molar-refractivity contribution < 1.29 is 4.58 Å². The molecule has 4 rings (SSSR count). The van der Waals surface area contributed by atoms with E-state index in [4.69, 9.17) is 0 Å². The largest absolute Gasteiger partial charge is 0.305 e. The Labute approximate surface area is 192 Å². The summed E-state index contributed by atoms with van der Waals surface area (Å²) >= 11 is 0. The second-order valence-corrected chi connectivity index (χ2v) is 8.48. The van der Waals surface area contributed by atoms with Gasteiger partial charge in [0.2, 0.25) is 0 Å². The van der Waals surface area contributed by atoms with Crippen molar-refractivity contribution in [2.24, 2.45) is 4.99 Å². The maximum Gasteiger partial charge on any atom is 0.295 e. The van der Waals surface area contributed by atoms with Crippen LogP contribution in [0.2, 0.25) is 0 Å². The second-order valence-electron chi connectivity index (χ2n) is 8.48. The molecule has 1 atom stereocenters. The molecule has 32 heavy (non-hydrogen) atoms. The number of hydrogen-bond donors (Lipinski definition) is 1. The predicted molar refractivity (Wildman–Crippen MR) is 133 cm³/mol. The van der Waals surface area contributed by atoms with E-state index in [9.17, 15) is 0 Å². The molecule has 0 radical (unpaired) electrons. The molecule has 2 heterocycles. The highest BCUT2D eigenvalue weighted by Gasteiger charge is 2.28. The summed E-state index contributed by atoms with van der Waals surface area (Å²) in [7, 11) is 0. The van der Waals surface area contributed by atoms with Gasteiger partial charge in [-0.25, -0.2) is 4.58 Å². The summed E-state index contributed by atoms with van der Waals surface area (Å²) in [5, 5.41) is 3.81. The van der Waals surface area contributed by atoms with Crippen molar-refractivity contribution in [3.05, 3.63) is 96.0 Å². The van der Waals surface area contributed by atoms with Crippen LogP contribution in [0.3, 0.4) is 0 Å². The molecule has 1 saturated heterocycles. The Balaban J connectivity index is 1.40. The van der Waals surface area contributed by atoms with Gasteiger partial charge in [0.25, 0.3) is 5.82 Å². The minimum Gasteiger partial charge on any atom is -0.305 e. The van der Waals surface area contributed by atoms with Crippen LogP contribution in [0.25, 0.3) is 0 Å². The van der Waals surface area contributed by atoms with Crippen LogP contribution in [0.15, 0.2) is 84.3 Å². The van der Waals surface area contributed by atoms with E-state index in [2.05, 4.69) is 88.0 Å². The third-order valence-electron chi connectivity index (χ3n) is 6.22. The first-order chi connectivity index (χ1) is 15.7. The first kappa shape index (κ1) is 22.2. The highest BCUT2D eigenvalue weighted by molar-refractivity contribution is 5.60. The van der Waals surface area contributed by atoms with E-state index < -0.39 is 0 Å². The maximum absolute atomic E-state index is 4.32. The van der Waals surface area contributed by atoms with Crippen molar-refractivity contribution in [2.75, 3.05) is 39.3 Å². The SMILES string of the molecule is C=CCc1ccc(C(CN2CCN(C3=CN=CC[N+]3=C)CC2)NCc2ccccc2)cc1. The Hall–Kier alpha value is -3.02. The number of nitrogens with one attached hydrogen (secondary N) is 1. The van der Waals surface area contributed by atoms with E-state index in [-0.39, 0.29) is 6.04 Å². The van der Waals surface area contributed by atoms with Crippen LogP contribution in [0.5, 0.6) is 0 Å². The zero-order valence-electron chi connectivity index (χ0n) is 18.9. The van der Waals surface area contributed by atoms with Gasteiger partial charge in [0.1, 0.15) is 12.7 Å². The molecular formula is C27H34N5+. The summed E-state index contributed by atoms with van der Waals surface area (Å²) in [5.74, 6) is 1.13. The molecule has 0 aliphatic carbocycles. The third-order valence-corrected chi connectivity index (χ3v) is 6.22. The van der Waals surface area contributed by atoms with Crippen molar-refractivity contribution in [1.29, 1.82) is 0 Å². The van der Waals surface area contributed by atoms with Crippen LogP contribution in [0.4, 0.5) is 0 Å². The van der Waals surface area contributed by atoms with Gasteiger partial charge >= 0.3 is 0 Å². The van der Waals surface area contributed by atoms with Crippen LogP contribution in [0, 0.1) is 0 Å². The molecule has 1 N–H and O–H groups in total. The number of benzene rings is 2. The smallest absolute Gasteiger partial charge is 0.295 e. The molecule has 0 bridgehead atoms. The van der Waals surface area contributed by atoms with Crippen molar-refractivity contribution in [3.8, 4) is 0 Å². The fourth-order valence-corrected chi connectivity index (χ4v) is 4.32. The van der Waals surface area contributed by atoms with E-state index in [0.717, 1.165) is 58.1 Å². The van der Waals surface area contributed by atoms with Gasteiger partial charge in [-0.05, 0) is 23.1 Å². The molecule has 2 aromatic rings. The average Bonchev–Trinajstić information content (AvgIpc) is 2.84. The Bertz CT molecular complexity index is 953. The zero-order valence-corrected chi connectivity index (χ0v) is 18.9. The molecule has 0 spiro atoms. The first-order valence-electron chi connectivity index (χ1n) is 11.5. The predicted octanol–water partition coefficient (Wildman–Crippen LogP) is 3.46. The highest BCUT2D eigenvalue weighted by Crippen LogP contribution is 2.19. The van der Waals surface area contributed by atoms with Crippen molar-refractivity contribution in [1.82, 2.24) is 15.1 Å². The first-order valence-corrected chi connectivity index (χ1v) is 11.5. The number of hydrogen-bond acceptors (Lipinski definition) is 4. The molecule has 5 heteroatoms. The quantitative estimate of drug-likeness (QED) is 0.491. The highest BCUT2D eigenvalue weighted by atomic mass is 15.3. The van der Waals surface area contributed by atoms with E-state index in [0.29, 0.717) is 0 Å². The fourth-order valence-electron chi connectivity index (χ4n) is 4.32. The lowest BCUT2D eigenvalue weighted by Crippen LogP contribution is -2.49. The molecule has 2 aromatic carbocycles. The minimum absolute atomic E-state index is 0.280. The maximum atomic E-state index is 4.32. The summed E-state index contributed by atoms with van der Waals surface area (Å²) in [6, 6.07) is 19.9. The van der Waals surface area contributed by atoms with Gasteiger partial charge in [0.15, 0.2) is 0 Å². The van der Waals surface area contributed by atoms with Crippen LogP contribution >= 0.6 is 0 Å². The Kier molecular flexibility index (Phi) is 7.64. The Morgan fingerprint density at radius 2 is 1.75 bits per heavy atom. The molecule has 1 unspecified atom stereocenters. The average molecular weight is 429 g/mol. The summed E-state index contributed by atoms with van der Waals surface area (Å²) in [6.07, 6.45) is 6.70. The third kappa shape index (κ3) is 5.81. The van der Waals surface area contributed by atoms with Gasteiger partial charge < -0.3 is 5.32 Å². The monoisotopic (exact) mass is 428 g/mol. The van der Waals surface area contributed by atoms with Gasteiger partial charge in [-0.1, -0.05) is 60.7 Å². The summed E-state index contributed by atoms with van der Waals surface area (Å²) < 4.78 is 2.03. The molecule has 2 aliphatic rings. The van der Waals surface area contributed by atoms with Crippen LogP contribution in [-0.4, -0.2) is 66.6 Å².